The van der Waals surface area contributed by atoms with E-state index in [-0.39, 0.29) is 29.8 Å². The number of benzene rings is 3. The quantitative estimate of drug-likeness (QED) is 0.432. The Balaban J connectivity index is 1.20. The zero-order valence-corrected chi connectivity index (χ0v) is 25.2. The molecule has 0 unspecified atom stereocenters. The largest absolute Gasteiger partial charge is 0.484 e. The molecule has 3 fully saturated rings. The van der Waals surface area contributed by atoms with Crippen molar-refractivity contribution in [2.75, 3.05) is 63.8 Å². The van der Waals surface area contributed by atoms with Crippen LogP contribution in [0.4, 0.5) is 14.5 Å². The van der Waals surface area contributed by atoms with Gasteiger partial charge in [-0.2, -0.15) is 0 Å². The molecule has 4 N–H and O–H groups in total. The highest BCUT2D eigenvalue weighted by atomic mass is 19.1. The predicted octanol–water partition coefficient (Wildman–Crippen LogP) is 2.11. The molecule has 0 aliphatic carbocycles. The molecular formula is C34H41F2N5O3+2. The number of carbonyl (C=O) groups is 2. The van der Waals surface area contributed by atoms with Crippen LogP contribution >= 0.6 is 0 Å². The number of hydrogen-bond acceptors (Lipinski definition) is 4. The maximum absolute atomic E-state index is 14.6. The standard InChI is InChI=1S/C34H39F2N5O3/c1-2-28-22-40(33(42)25-17-27(36)20-29(18-25)39-13-11-37-12-14-39)15-16-41(28)34(43)24-5-8-32(44-30-9-10-38-21-30)31(19-24)23-3-6-26(35)7-4-23/h3-8,17-20,28,30,37-38H,2,9-16,21-22H2,1H3/p+2/t28-,30-/m0/s1. The third-order valence-electron chi connectivity index (χ3n) is 9.00. The van der Waals surface area contributed by atoms with E-state index in [0.717, 1.165) is 62.5 Å². The Morgan fingerprint density at radius 1 is 0.841 bits per heavy atom. The van der Waals surface area contributed by atoms with Gasteiger partial charge in [0.25, 0.3) is 11.8 Å². The van der Waals surface area contributed by atoms with E-state index in [1.165, 1.54) is 24.3 Å². The molecule has 2 atom stereocenters. The zero-order valence-electron chi connectivity index (χ0n) is 25.2. The zero-order chi connectivity index (χ0) is 30.6. The van der Waals surface area contributed by atoms with Crippen LogP contribution in [0.5, 0.6) is 5.75 Å². The second kappa shape index (κ2) is 13.3. The van der Waals surface area contributed by atoms with Gasteiger partial charge < -0.3 is 30.1 Å². The van der Waals surface area contributed by atoms with E-state index in [0.29, 0.717) is 42.9 Å². The van der Waals surface area contributed by atoms with E-state index in [4.69, 9.17) is 4.74 Å². The number of carbonyl (C=O) groups excluding carboxylic acids is 2. The number of rotatable bonds is 7. The number of ether oxygens (including phenoxy) is 1. The van der Waals surface area contributed by atoms with Crippen molar-refractivity contribution in [1.82, 2.24) is 9.80 Å². The van der Waals surface area contributed by atoms with Crippen molar-refractivity contribution in [1.29, 1.82) is 0 Å². The molecule has 0 bridgehead atoms. The lowest BCUT2D eigenvalue weighted by atomic mass is 9.99. The summed E-state index contributed by atoms with van der Waals surface area (Å²) in [4.78, 5) is 33.2. The number of nitrogens with two attached hydrogens (primary N) is 2. The van der Waals surface area contributed by atoms with Gasteiger partial charge >= 0.3 is 0 Å². The molecule has 3 aliphatic heterocycles. The van der Waals surface area contributed by atoms with Gasteiger partial charge in [0.15, 0.2) is 6.10 Å². The van der Waals surface area contributed by atoms with Crippen LogP contribution in [-0.2, 0) is 0 Å². The second-order valence-corrected chi connectivity index (χ2v) is 11.9. The Labute approximate surface area is 257 Å². The van der Waals surface area contributed by atoms with Gasteiger partial charge in [-0.05, 0) is 60.5 Å². The van der Waals surface area contributed by atoms with Crippen LogP contribution in [0.15, 0.2) is 60.7 Å². The third-order valence-corrected chi connectivity index (χ3v) is 9.00. The molecule has 3 aromatic rings. The summed E-state index contributed by atoms with van der Waals surface area (Å²) >= 11 is 0. The molecule has 10 heteroatoms. The third kappa shape index (κ3) is 6.56. The smallest absolute Gasteiger partial charge is 0.254 e. The lowest BCUT2D eigenvalue weighted by molar-refractivity contribution is -0.655. The Morgan fingerprint density at radius 2 is 1.64 bits per heavy atom. The molecule has 3 saturated heterocycles. The molecule has 8 nitrogen and oxygen atoms in total. The van der Waals surface area contributed by atoms with Crippen LogP contribution < -0.4 is 20.3 Å². The normalized spacial score (nSPS) is 20.6. The maximum Gasteiger partial charge on any atom is 0.254 e. The lowest BCUT2D eigenvalue weighted by Gasteiger charge is -2.41. The van der Waals surface area contributed by atoms with Gasteiger partial charge in [-0.3, -0.25) is 9.59 Å². The number of amides is 2. The number of nitrogens with zero attached hydrogens (tertiary/aromatic N) is 3. The first-order valence-corrected chi connectivity index (χ1v) is 15.8. The van der Waals surface area contributed by atoms with Gasteiger partial charge in [0, 0.05) is 54.5 Å². The van der Waals surface area contributed by atoms with Crippen LogP contribution in [0.1, 0.15) is 40.5 Å². The molecule has 0 spiro atoms. The molecule has 6 rings (SSSR count). The fourth-order valence-electron chi connectivity index (χ4n) is 6.53. The minimum absolute atomic E-state index is 0.0818. The van der Waals surface area contributed by atoms with E-state index < -0.39 is 5.82 Å². The summed E-state index contributed by atoms with van der Waals surface area (Å²) in [7, 11) is 0. The molecule has 0 aromatic heterocycles. The van der Waals surface area contributed by atoms with E-state index in [1.807, 2.05) is 24.0 Å². The summed E-state index contributed by atoms with van der Waals surface area (Å²) < 4.78 is 34.7. The van der Waals surface area contributed by atoms with E-state index in [9.17, 15) is 18.4 Å². The van der Waals surface area contributed by atoms with Crippen LogP contribution in [0.3, 0.4) is 0 Å². The van der Waals surface area contributed by atoms with Gasteiger partial charge in [-0.15, -0.1) is 0 Å². The van der Waals surface area contributed by atoms with Crippen molar-refractivity contribution in [3.63, 3.8) is 0 Å². The van der Waals surface area contributed by atoms with Crippen molar-refractivity contribution in [3.05, 3.63) is 83.4 Å². The first-order valence-electron chi connectivity index (χ1n) is 15.8. The van der Waals surface area contributed by atoms with Gasteiger partial charge in [-0.25, -0.2) is 8.78 Å². The van der Waals surface area contributed by atoms with Crippen molar-refractivity contribution < 1.29 is 33.7 Å². The van der Waals surface area contributed by atoms with Gasteiger partial charge in [0.05, 0.1) is 32.7 Å². The molecule has 2 amide bonds. The molecule has 0 radical (unpaired) electrons. The van der Waals surface area contributed by atoms with Gasteiger partial charge in [0.1, 0.15) is 23.9 Å². The number of anilines is 1. The van der Waals surface area contributed by atoms with Crippen molar-refractivity contribution >= 4 is 17.5 Å². The highest BCUT2D eigenvalue weighted by molar-refractivity contribution is 5.98. The second-order valence-electron chi connectivity index (χ2n) is 11.9. The van der Waals surface area contributed by atoms with Crippen LogP contribution in [0.25, 0.3) is 11.1 Å². The lowest BCUT2D eigenvalue weighted by Crippen LogP contribution is -2.89. The first-order chi connectivity index (χ1) is 21.4. The summed E-state index contributed by atoms with van der Waals surface area (Å²) in [5, 5.41) is 4.45. The monoisotopic (exact) mass is 605 g/mol. The average Bonchev–Trinajstić information content (AvgIpc) is 3.57. The first kappa shape index (κ1) is 30.0. The SMILES string of the molecule is CC[C@H]1CN(C(=O)c2cc(F)cc(N3CC[NH2+]CC3)c2)CCN1C(=O)c1ccc(O[C@H]2CC[NH2+]C2)c(-c2ccc(F)cc2)c1. The summed E-state index contributed by atoms with van der Waals surface area (Å²) in [6.07, 6.45) is 1.69. The predicted molar refractivity (Wildman–Crippen MR) is 164 cm³/mol. The molecule has 0 saturated carbocycles. The van der Waals surface area contributed by atoms with Crippen molar-refractivity contribution in [2.45, 2.75) is 31.9 Å². The fraction of sp³-hybridized carbons (Fsp3) is 0.412. The topological polar surface area (TPSA) is 86.3 Å². The minimum atomic E-state index is -0.420. The Kier molecular flexibility index (Phi) is 9.09. The van der Waals surface area contributed by atoms with E-state index >= 15 is 0 Å². The molecule has 3 aliphatic rings. The van der Waals surface area contributed by atoms with Gasteiger partial charge in [-0.1, -0.05) is 19.1 Å². The number of halogens is 2. The fourth-order valence-corrected chi connectivity index (χ4v) is 6.53. The van der Waals surface area contributed by atoms with Crippen molar-refractivity contribution in [3.8, 4) is 16.9 Å². The number of hydrogen-bond donors (Lipinski definition) is 2. The Hall–Kier alpha value is -4.02. The highest BCUT2D eigenvalue weighted by Crippen LogP contribution is 2.33. The van der Waals surface area contributed by atoms with Crippen LogP contribution in [0.2, 0.25) is 0 Å². The summed E-state index contributed by atoms with van der Waals surface area (Å²) in [5.74, 6) is -0.413. The molecule has 3 aromatic carbocycles. The number of quaternary nitrogens is 2. The molecule has 3 heterocycles. The number of piperazine rings is 2. The average molecular weight is 606 g/mol. The molecular weight excluding hydrogens is 564 g/mol. The molecule has 232 valence electrons. The van der Waals surface area contributed by atoms with E-state index in [1.54, 1.807) is 29.2 Å². The van der Waals surface area contributed by atoms with Crippen LogP contribution in [0, 0.1) is 11.6 Å². The van der Waals surface area contributed by atoms with Gasteiger partial charge in [0.2, 0.25) is 0 Å². The Morgan fingerprint density at radius 3 is 2.36 bits per heavy atom. The maximum atomic E-state index is 14.6. The highest BCUT2D eigenvalue weighted by Gasteiger charge is 2.33. The minimum Gasteiger partial charge on any atom is -0.484 e. The summed E-state index contributed by atoms with van der Waals surface area (Å²) in [6, 6.07) is 16.1. The van der Waals surface area contributed by atoms with Crippen LogP contribution in [-0.4, -0.2) is 92.7 Å². The van der Waals surface area contributed by atoms with Crippen molar-refractivity contribution in [2.24, 2.45) is 0 Å². The van der Waals surface area contributed by atoms with E-state index in [2.05, 4.69) is 15.5 Å². The Bertz CT molecular complexity index is 1490. The summed E-state index contributed by atoms with van der Waals surface area (Å²) in [6.45, 7) is 8.49. The summed E-state index contributed by atoms with van der Waals surface area (Å²) in [5.41, 5.74) is 3.11. The molecule has 44 heavy (non-hydrogen) atoms.